The summed E-state index contributed by atoms with van der Waals surface area (Å²) in [6.07, 6.45) is 6.58. The third-order valence-corrected chi connectivity index (χ3v) is 6.58. The van der Waals surface area contributed by atoms with Gasteiger partial charge in [0.2, 0.25) is 11.8 Å². The van der Waals surface area contributed by atoms with Gasteiger partial charge in [-0.2, -0.15) is 0 Å². The first-order chi connectivity index (χ1) is 12.6. The molecule has 5 nitrogen and oxygen atoms in total. The van der Waals surface area contributed by atoms with Gasteiger partial charge in [0.1, 0.15) is 10.7 Å². The molecule has 3 rings (SSSR count). The number of benzene rings is 1. The van der Waals surface area contributed by atoms with Crippen LogP contribution in [0.4, 0.5) is 5.00 Å². The quantitative estimate of drug-likeness (QED) is 0.692. The molecule has 26 heavy (non-hydrogen) atoms. The summed E-state index contributed by atoms with van der Waals surface area (Å²) in [6.45, 7) is 0. The largest absolute Gasteiger partial charge is 0.369 e. The first kappa shape index (κ1) is 18.9. The maximum atomic E-state index is 12.5. The summed E-state index contributed by atoms with van der Waals surface area (Å²) in [5, 5.41) is 3.79. The summed E-state index contributed by atoms with van der Waals surface area (Å²) in [5.74, 6) is 0.330. The molecule has 0 saturated heterocycles. The number of hydrogen-bond donors (Lipinski definition) is 2. The first-order valence-corrected chi connectivity index (χ1v) is 10.7. The van der Waals surface area contributed by atoms with Gasteiger partial charge >= 0.3 is 0 Å². The molecule has 0 bridgehead atoms. The molecule has 3 N–H and O–H groups in total. The number of aromatic nitrogens is 1. The van der Waals surface area contributed by atoms with E-state index in [1.807, 2.05) is 30.3 Å². The maximum absolute atomic E-state index is 12.5. The minimum absolute atomic E-state index is 0.0455. The van der Waals surface area contributed by atoms with E-state index in [9.17, 15) is 9.59 Å². The fraction of sp³-hybridized carbons (Fsp3) is 0.421. The summed E-state index contributed by atoms with van der Waals surface area (Å²) in [7, 11) is 0. The smallest absolute Gasteiger partial charge is 0.227 e. The van der Waals surface area contributed by atoms with E-state index in [2.05, 4.69) is 10.3 Å². The lowest BCUT2D eigenvalue weighted by Gasteiger charge is -2.20. The van der Waals surface area contributed by atoms with Gasteiger partial charge in [0, 0.05) is 12.0 Å². The Labute approximate surface area is 161 Å². The van der Waals surface area contributed by atoms with Gasteiger partial charge in [0.05, 0.1) is 5.75 Å². The molecule has 7 heteroatoms. The van der Waals surface area contributed by atoms with Crippen molar-refractivity contribution in [2.45, 2.75) is 42.9 Å². The van der Waals surface area contributed by atoms with Gasteiger partial charge in [-0.1, -0.05) is 72.7 Å². The van der Waals surface area contributed by atoms with Crippen LogP contribution in [0, 0.1) is 5.92 Å². The molecule has 0 aliphatic heterocycles. The number of thioether (sulfide) groups is 1. The van der Waals surface area contributed by atoms with Crippen molar-refractivity contribution >= 4 is 39.9 Å². The molecule has 1 aliphatic rings. The third kappa shape index (κ3) is 5.32. The minimum Gasteiger partial charge on any atom is -0.369 e. The van der Waals surface area contributed by atoms with E-state index >= 15 is 0 Å². The Bertz CT molecular complexity index is 755. The van der Waals surface area contributed by atoms with Gasteiger partial charge in [-0.05, 0) is 18.8 Å². The fourth-order valence-electron chi connectivity index (χ4n) is 3.20. The van der Waals surface area contributed by atoms with E-state index in [0.29, 0.717) is 12.3 Å². The van der Waals surface area contributed by atoms with Gasteiger partial charge in [-0.3, -0.25) is 9.59 Å². The summed E-state index contributed by atoms with van der Waals surface area (Å²) >= 11 is 2.70. The average Bonchev–Trinajstić information content (AvgIpc) is 3.04. The van der Waals surface area contributed by atoms with Crippen LogP contribution in [0.15, 0.2) is 34.7 Å². The normalized spacial score (nSPS) is 14.9. The van der Waals surface area contributed by atoms with E-state index in [1.165, 1.54) is 42.4 Å². The second kappa shape index (κ2) is 9.19. The highest BCUT2D eigenvalue weighted by Gasteiger charge is 2.20. The highest BCUT2D eigenvalue weighted by molar-refractivity contribution is 8.01. The molecule has 1 fully saturated rings. The van der Waals surface area contributed by atoms with Gasteiger partial charge in [-0.25, -0.2) is 4.98 Å². The topological polar surface area (TPSA) is 85.1 Å². The SMILES string of the molecule is NC(=O)CSc1nc(-c2ccccc2)c(NC(=O)CC2CCCCC2)s1. The number of carbonyl (C=O) groups is 2. The molecule has 1 saturated carbocycles. The average molecular weight is 390 g/mol. The van der Waals surface area contributed by atoms with Crippen LogP contribution in [0.2, 0.25) is 0 Å². The second-order valence-electron chi connectivity index (χ2n) is 6.53. The Kier molecular flexibility index (Phi) is 6.68. The van der Waals surface area contributed by atoms with Crippen molar-refractivity contribution in [2.24, 2.45) is 11.7 Å². The number of nitrogens with one attached hydrogen (secondary N) is 1. The molecule has 1 aromatic heterocycles. The molecule has 1 aliphatic carbocycles. The molecule has 1 aromatic carbocycles. The van der Waals surface area contributed by atoms with Gasteiger partial charge in [-0.15, -0.1) is 0 Å². The van der Waals surface area contributed by atoms with Crippen LogP contribution in [0.5, 0.6) is 0 Å². The Morgan fingerprint density at radius 1 is 1.19 bits per heavy atom. The minimum atomic E-state index is -0.380. The van der Waals surface area contributed by atoms with Crippen molar-refractivity contribution in [3.8, 4) is 11.3 Å². The van der Waals surface area contributed by atoms with Crippen LogP contribution in [-0.4, -0.2) is 22.6 Å². The molecule has 0 atom stereocenters. The Morgan fingerprint density at radius 2 is 1.92 bits per heavy atom. The van der Waals surface area contributed by atoms with E-state index in [0.717, 1.165) is 33.4 Å². The zero-order valence-corrected chi connectivity index (χ0v) is 16.2. The first-order valence-electron chi connectivity index (χ1n) is 8.89. The van der Waals surface area contributed by atoms with Gasteiger partial charge in [0.15, 0.2) is 4.34 Å². The molecular weight excluding hydrogens is 366 g/mol. The number of amides is 2. The molecule has 2 amide bonds. The predicted molar refractivity (Wildman–Crippen MR) is 107 cm³/mol. The van der Waals surface area contributed by atoms with E-state index in [-0.39, 0.29) is 17.6 Å². The number of anilines is 1. The van der Waals surface area contributed by atoms with E-state index in [4.69, 9.17) is 5.73 Å². The molecule has 0 radical (unpaired) electrons. The van der Waals surface area contributed by atoms with Gasteiger partial charge < -0.3 is 11.1 Å². The highest BCUT2D eigenvalue weighted by Crippen LogP contribution is 2.38. The maximum Gasteiger partial charge on any atom is 0.227 e. The molecule has 1 heterocycles. The van der Waals surface area contributed by atoms with Crippen molar-refractivity contribution < 1.29 is 9.59 Å². The van der Waals surface area contributed by atoms with Crippen molar-refractivity contribution in [1.29, 1.82) is 0 Å². The van der Waals surface area contributed by atoms with Crippen LogP contribution >= 0.6 is 23.1 Å². The number of nitrogens with two attached hydrogens (primary N) is 1. The van der Waals surface area contributed by atoms with Crippen molar-refractivity contribution in [2.75, 3.05) is 11.1 Å². The number of nitrogens with zero attached hydrogens (tertiary/aromatic N) is 1. The lowest BCUT2D eigenvalue weighted by Crippen LogP contribution is -2.18. The molecule has 0 spiro atoms. The molecule has 0 unspecified atom stereocenters. The molecule has 2 aromatic rings. The standard InChI is InChI=1S/C19H23N3O2S2/c20-15(23)12-25-19-22-17(14-9-5-2-6-10-14)18(26-19)21-16(24)11-13-7-3-1-4-8-13/h2,5-6,9-10,13H,1,3-4,7-8,11-12H2,(H2,20,23)(H,21,24). The lowest BCUT2D eigenvalue weighted by molar-refractivity contribution is -0.117. The number of primary amides is 1. The van der Waals surface area contributed by atoms with Crippen LogP contribution in [0.25, 0.3) is 11.3 Å². The van der Waals surface area contributed by atoms with E-state index < -0.39 is 0 Å². The summed E-state index contributed by atoms with van der Waals surface area (Å²) in [5.41, 5.74) is 6.92. The van der Waals surface area contributed by atoms with Crippen molar-refractivity contribution in [1.82, 2.24) is 4.98 Å². The van der Waals surface area contributed by atoms with Crippen LogP contribution in [0.1, 0.15) is 38.5 Å². The van der Waals surface area contributed by atoms with E-state index in [1.54, 1.807) is 0 Å². The summed E-state index contributed by atoms with van der Waals surface area (Å²) in [4.78, 5) is 28.2. The number of carbonyl (C=O) groups excluding carboxylic acids is 2. The van der Waals surface area contributed by atoms with Crippen molar-refractivity contribution in [3.05, 3.63) is 30.3 Å². The van der Waals surface area contributed by atoms with Gasteiger partial charge in [0.25, 0.3) is 0 Å². The van der Waals surface area contributed by atoms with Crippen molar-refractivity contribution in [3.63, 3.8) is 0 Å². The van der Waals surface area contributed by atoms with Crippen LogP contribution in [-0.2, 0) is 9.59 Å². The number of rotatable bonds is 7. The fourth-order valence-corrected chi connectivity index (χ4v) is 5.02. The van der Waals surface area contributed by atoms with Crippen LogP contribution in [0.3, 0.4) is 0 Å². The zero-order valence-electron chi connectivity index (χ0n) is 14.6. The predicted octanol–water partition coefficient (Wildman–Crippen LogP) is 4.30. The Balaban J connectivity index is 1.75. The second-order valence-corrected chi connectivity index (χ2v) is 8.76. The third-order valence-electron chi connectivity index (χ3n) is 4.44. The number of hydrogen-bond acceptors (Lipinski definition) is 5. The lowest BCUT2D eigenvalue weighted by atomic mass is 9.87. The molecule has 138 valence electrons. The highest BCUT2D eigenvalue weighted by atomic mass is 32.2. The summed E-state index contributed by atoms with van der Waals surface area (Å²) < 4.78 is 0.732. The molecular formula is C19H23N3O2S2. The van der Waals surface area contributed by atoms with Crippen LogP contribution < -0.4 is 11.1 Å². The Morgan fingerprint density at radius 3 is 2.62 bits per heavy atom. The number of thiazole rings is 1. The monoisotopic (exact) mass is 389 g/mol. The summed E-state index contributed by atoms with van der Waals surface area (Å²) in [6, 6.07) is 9.76. The zero-order chi connectivity index (χ0) is 18.4. The Hall–Kier alpha value is -1.86.